The molecule has 0 unspecified atom stereocenters. The van der Waals surface area contributed by atoms with E-state index in [1.54, 1.807) is 24.4 Å². The number of nitrogens with one attached hydrogen (secondary N) is 1. The fourth-order valence-electron chi connectivity index (χ4n) is 2.14. The second-order valence-corrected chi connectivity index (χ2v) is 5.38. The van der Waals surface area contributed by atoms with Crippen molar-refractivity contribution in [3.63, 3.8) is 0 Å². The Labute approximate surface area is 130 Å². The third-order valence-corrected chi connectivity index (χ3v) is 3.32. The van der Waals surface area contributed by atoms with E-state index in [2.05, 4.69) is 20.4 Å². The Morgan fingerprint density at radius 3 is 3.00 bits per heavy atom. The van der Waals surface area contributed by atoms with E-state index < -0.39 is 17.3 Å². The first kappa shape index (κ1) is 15.0. The zero-order valence-electron chi connectivity index (χ0n) is 12.3. The second kappa shape index (κ2) is 5.73. The molecule has 1 atom stereocenters. The number of nitrogens with zero attached hydrogens (tertiary/aromatic N) is 4. The number of aromatic nitrogens is 4. The smallest absolute Gasteiger partial charge is 0.257 e. The fourth-order valence-corrected chi connectivity index (χ4v) is 2.14. The Balaban J connectivity index is 1.76. The van der Waals surface area contributed by atoms with Crippen LogP contribution in [-0.4, -0.2) is 36.4 Å². The van der Waals surface area contributed by atoms with Crippen LogP contribution in [0.5, 0.6) is 0 Å². The molecule has 0 radical (unpaired) electrons. The minimum absolute atomic E-state index is 0.167. The van der Waals surface area contributed by atoms with Crippen LogP contribution in [0.25, 0.3) is 10.9 Å². The number of amides is 1. The van der Waals surface area contributed by atoms with Gasteiger partial charge < -0.3 is 10.4 Å². The minimum atomic E-state index is -1.75. The van der Waals surface area contributed by atoms with E-state index in [1.165, 1.54) is 17.9 Å². The highest BCUT2D eigenvalue weighted by Crippen LogP contribution is 2.18. The van der Waals surface area contributed by atoms with Crippen LogP contribution in [0.15, 0.2) is 43.1 Å². The monoisotopic (exact) mass is 315 g/mol. The van der Waals surface area contributed by atoms with Gasteiger partial charge in [-0.25, -0.2) is 14.4 Å². The van der Waals surface area contributed by atoms with Gasteiger partial charge >= 0.3 is 0 Å². The van der Waals surface area contributed by atoms with Gasteiger partial charge in [-0.1, -0.05) is 0 Å². The first-order chi connectivity index (χ1) is 10.9. The second-order valence-electron chi connectivity index (χ2n) is 5.38. The van der Waals surface area contributed by atoms with Gasteiger partial charge in [-0.2, -0.15) is 5.10 Å². The van der Waals surface area contributed by atoms with Crippen molar-refractivity contribution in [2.24, 2.45) is 0 Å². The molecule has 1 amide bonds. The lowest BCUT2D eigenvalue weighted by Crippen LogP contribution is -2.43. The van der Waals surface area contributed by atoms with Crippen LogP contribution < -0.4 is 5.32 Å². The predicted octanol–water partition coefficient (Wildman–Crippen LogP) is 1.36. The van der Waals surface area contributed by atoms with Crippen LogP contribution in [0.2, 0.25) is 0 Å². The van der Waals surface area contributed by atoms with Crippen LogP contribution in [-0.2, 0) is 11.3 Å². The van der Waals surface area contributed by atoms with Crippen molar-refractivity contribution >= 4 is 22.5 Å². The Kier molecular flexibility index (Phi) is 3.75. The van der Waals surface area contributed by atoms with Crippen LogP contribution in [0.3, 0.4) is 0 Å². The molecule has 8 heteroatoms. The van der Waals surface area contributed by atoms with E-state index >= 15 is 0 Å². The molecule has 0 saturated heterocycles. The number of anilines is 1. The largest absolute Gasteiger partial charge is 0.378 e. The van der Waals surface area contributed by atoms with Gasteiger partial charge in [-0.05, 0) is 25.1 Å². The maximum Gasteiger partial charge on any atom is 0.257 e. The van der Waals surface area contributed by atoms with Crippen molar-refractivity contribution in [3.8, 4) is 0 Å². The quantitative estimate of drug-likeness (QED) is 0.758. The summed E-state index contributed by atoms with van der Waals surface area (Å²) in [6.07, 6.45) is 5.18. The summed E-state index contributed by atoms with van der Waals surface area (Å²) in [4.78, 5) is 20.3. The number of halogens is 1. The Morgan fingerprint density at radius 1 is 1.43 bits per heavy atom. The highest BCUT2D eigenvalue weighted by molar-refractivity contribution is 5.98. The van der Waals surface area contributed by atoms with E-state index in [0.717, 1.165) is 23.3 Å². The van der Waals surface area contributed by atoms with Crippen molar-refractivity contribution in [2.75, 3.05) is 5.32 Å². The van der Waals surface area contributed by atoms with Gasteiger partial charge in [0.2, 0.25) is 0 Å². The standard InChI is InChI=1S/C15H14FN5O2/c1-15(23,8-21-7-11(16)6-19-21)14(22)20-12-2-3-13-10(4-12)5-17-9-18-13/h2-7,9,23H,8H2,1H3,(H,20,22)/t15-/m0/s1. The molecule has 3 rings (SSSR count). The SMILES string of the molecule is C[C@](O)(Cn1cc(F)cn1)C(=O)Nc1ccc2ncncc2c1. The molecule has 0 aliphatic rings. The summed E-state index contributed by atoms with van der Waals surface area (Å²) in [5.41, 5.74) is -0.498. The molecule has 118 valence electrons. The average Bonchev–Trinajstić information content (AvgIpc) is 2.91. The van der Waals surface area contributed by atoms with Gasteiger partial charge in [0.15, 0.2) is 11.4 Å². The van der Waals surface area contributed by atoms with Crippen LogP contribution in [0.4, 0.5) is 10.1 Å². The molecule has 0 fully saturated rings. The van der Waals surface area contributed by atoms with Crippen molar-refractivity contribution in [1.29, 1.82) is 0 Å². The average molecular weight is 315 g/mol. The van der Waals surface area contributed by atoms with E-state index in [0.29, 0.717) is 5.69 Å². The number of fused-ring (bicyclic) bond motifs is 1. The molecule has 0 bridgehead atoms. The van der Waals surface area contributed by atoms with E-state index in [4.69, 9.17) is 0 Å². The summed E-state index contributed by atoms with van der Waals surface area (Å²) in [5, 5.41) is 17.4. The maximum absolute atomic E-state index is 12.9. The molecule has 0 aliphatic carbocycles. The molecular formula is C15H14FN5O2. The van der Waals surface area contributed by atoms with E-state index in [9.17, 15) is 14.3 Å². The van der Waals surface area contributed by atoms with E-state index in [1.807, 2.05) is 0 Å². The molecule has 3 aromatic rings. The summed E-state index contributed by atoms with van der Waals surface area (Å²) < 4.78 is 14.1. The van der Waals surface area contributed by atoms with Gasteiger partial charge in [-0.15, -0.1) is 0 Å². The molecule has 0 spiro atoms. The van der Waals surface area contributed by atoms with Crippen LogP contribution in [0, 0.1) is 5.82 Å². The predicted molar refractivity (Wildman–Crippen MR) is 81.0 cm³/mol. The normalized spacial score (nSPS) is 13.7. The summed E-state index contributed by atoms with van der Waals surface area (Å²) in [5.74, 6) is -1.15. The summed E-state index contributed by atoms with van der Waals surface area (Å²) in [7, 11) is 0. The highest BCUT2D eigenvalue weighted by Gasteiger charge is 2.31. The third kappa shape index (κ3) is 3.32. The zero-order valence-corrected chi connectivity index (χ0v) is 12.3. The molecule has 0 aliphatic heterocycles. The molecule has 0 saturated carbocycles. The first-order valence-electron chi connectivity index (χ1n) is 6.86. The Hall–Kier alpha value is -2.87. The molecule has 2 aromatic heterocycles. The molecule has 2 heterocycles. The summed E-state index contributed by atoms with van der Waals surface area (Å²) in [6.45, 7) is 1.17. The van der Waals surface area contributed by atoms with Gasteiger partial charge in [0.05, 0.1) is 24.5 Å². The highest BCUT2D eigenvalue weighted by atomic mass is 19.1. The molecular weight excluding hydrogens is 301 g/mol. The molecule has 1 aromatic carbocycles. The zero-order chi connectivity index (χ0) is 16.4. The number of carbonyl (C=O) groups is 1. The van der Waals surface area contributed by atoms with Gasteiger partial charge in [-0.3, -0.25) is 9.48 Å². The Bertz CT molecular complexity index is 862. The van der Waals surface area contributed by atoms with Crippen molar-refractivity contribution in [3.05, 3.63) is 48.9 Å². The van der Waals surface area contributed by atoms with Crippen LogP contribution >= 0.6 is 0 Å². The summed E-state index contributed by atoms with van der Waals surface area (Å²) >= 11 is 0. The number of hydrogen-bond donors (Lipinski definition) is 2. The van der Waals surface area contributed by atoms with Crippen molar-refractivity contribution in [2.45, 2.75) is 19.1 Å². The number of hydrogen-bond acceptors (Lipinski definition) is 5. The number of carbonyl (C=O) groups excluding carboxylic acids is 1. The molecule has 2 N–H and O–H groups in total. The lowest BCUT2D eigenvalue weighted by Gasteiger charge is -2.22. The summed E-state index contributed by atoms with van der Waals surface area (Å²) in [6, 6.07) is 5.12. The maximum atomic E-state index is 12.9. The van der Waals surface area contributed by atoms with Crippen molar-refractivity contribution in [1.82, 2.24) is 19.7 Å². The van der Waals surface area contributed by atoms with Gasteiger partial charge in [0, 0.05) is 17.3 Å². The minimum Gasteiger partial charge on any atom is -0.378 e. The van der Waals surface area contributed by atoms with E-state index in [-0.39, 0.29) is 6.54 Å². The molecule has 7 nitrogen and oxygen atoms in total. The molecule has 23 heavy (non-hydrogen) atoms. The topological polar surface area (TPSA) is 92.9 Å². The first-order valence-corrected chi connectivity index (χ1v) is 6.86. The fraction of sp³-hybridized carbons (Fsp3) is 0.200. The van der Waals surface area contributed by atoms with Crippen molar-refractivity contribution < 1.29 is 14.3 Å². The number of rotatable bonds is 4. The van der Waals surface area contributed by atoms with Crippen LogP contribution in [0.1, 0.15) is 6.92 Å². The Morgan fingerprint density at radius 2 is 2.26 bits per heavy atom. The van der Waals surface area contributed by atoms with Gasteiger partial charge in [0.25, 0.3) is 5.91 Å². The third-order valence-electron chi connectivity index (χ3n) is 3.32. The number of aliphatic hydroxyl groups is 1. The van der Waals surface area contributed by atoms with Gasteiger partial charge in [0.1, 0.15) is 6.33 Å². The lowest BCUT2D eigenvalue weighted by molar-refractivity contribution is -0.133. The lowest BCUT2D eigenvalue weighted by atomic mass is 10.1. The number of benzene rings is 1.